The molecule has 3 atom stereocenters. The van der Waals surface area contributed by atoms with Gasteiger partial charge in [-0.05, 0) is 67.0 Å². The number of hydrogen-bond donors (Lipinski definition) is 5. The summed E-state index contributed by atoms with van der Waals surface area (Å²) in [5.74, 6) is -2.36. The fourth-order valence-electron chi connectivity index (χ4n) is 7.03. The average Bonchev–Trinajstić information content (AvgIpc) is 3.60. The first kappa shape index (κ1) is 53.8. The number of aldehydes is 1. The summed E-state index contributed by atoms with van der Waals surface area (Å²) < 4.78 is 29.1. The van der Waals surface area contributed by atoms with E-state index in [1.54, 1.807) is 18.9 Å². The maximum absolute atomic E-state index is 14.9. The predicted molar refractivity (Wildman–Crippen MR) is 233 cm³/mol. The second-order valence-corrected chi connectivity index (χ2v) is 16.2. The first-order chi connectivity index (χ1) is 28.7. The molecular weight excluding hydrogens is 789 g/mol. The van der Waals surface area contributed by atoms with E-state index >= 15 is 0 Å². The van der Waals surface area contributed by atoms with E-state index in [1.807, 2.05) is 78.1 Å². The molecule has 0 aliphatic carbocycles. The predicted octanol–water partition coefficient (Wildman–Crippen LogP) is 4.14. The Labute approximate surface area is 360 Å². The number of halogens is 2. The van der Waals surface area contributed by atoms with Gasteiger partial charge in [0, 0.05) is 57.2 Å². The SMILES string of the molecule is CCC(N)=O.CCCN(CC=O)C(=O)CCC(N)=O.CNC(C(=O)NCCCN(C(=O)CO)C(C1CC(c2cc(F)ccc2F)=CN1Cc1ccccc1)C(C)(C)C)C(C)C. The molecule has 61 heavy (non-hydrogen) atoms. The zero-order chi connectivity index (χ0) is 46.3. The minimum atomic E-state index is -0.654. The van der Waals surface area contributed by atoms with Crippen LogP contribution in [0.15, 0.2) is 54.7 Å². The van der Waals surface area contributed by atoms with E-state index in [1.165, 1.54) is 11.0 Å². The lowest BCUT2D eigenvalue weighted by molar-refractivity contribution is -0.141. The molecule has 1 heterocycles. The summed E-state index contributed by atoms with van der Waals surface area (Å²) in [5.41, 5.74) is 11.0. The van der Waals surface area contributed by atoms with Crippen molar-refractivity contribution in [3.05, 3.63) is 77.5 Å². The van der Waals surface area contributed by atoms with Crippen LogP contribution in [0.3, 0.4) is 0 Å². The van der Waals surface area contributed by atoms with Crippen LogP contribution in [-0.2, 0) is 35.3 Å². The van der Waals surface area contributed by atoms with Crippen LogP contribution < -0.4 is 22.1 Å². The third-order valence-electron chi connectivity index (χ3n) is 9.91. The van der Waals surface area contributed by atoms with Crippen LogP contribution in [0.1, 0.15) is 98.1 Å². The number of primary amides is 2. The highest BCUT2D eigenvalue weighted by atomic mass is 19.1. The Balaban J connectivity index is 0.000000812. The Morgan fingerprint density at radius 1 is 0.967 bits per heavy atom. The Bertz CT molecular complexity index is 1740. The first-order valence-corrected chi connectivity index (χ1v) is 20.8. The van der Waals surface area contributed by atoms with Crippen LogP contribution in [0.4, 0.5) is 8.78 Å². The lowest BCUT2D eigenvalue weighted by Gasteiger charge is -2.46. The van der Waals surface area contributed by atoms with Crippen molar-refractivity contribution < 1.29 is 42.7 Å². The molecule has 0 bridgehead atoms. The number of amides is 5. The molecule has 0 saturated carbocycles. The zero-order valence-corrected chi connectivity index (χ0v) is 37.2. The number of nitrogens with one attached hydrogen (secondary N) is 2. The normalized spacial score (nSPS) is 14.3. The van der Waals surface area contributed by atoms with Crippen molar-refractivity contribution in [2.75, 3.05) is 39.8 Å². The van der Waals surface area contributed by atoms with Crippen LogP contribution in [0, 0.1) is 23.0 Å². The summed E-state index contributed by atoms with van der Waals surface area (Å²) >= 11 is 0. The molecule has 16 heteroatoms. The first-order valence-electron chi connectivity index (χ1n) is 20.8. The monoisotopic (exact) mass is 858 g/mol. The molecule has 0 saturated heterocycles. The van der Waals surface area contributed by atoms with Crippen molar-refractivity contribution in [2.24, 2.45) is 22.8 Å². The number of likely N-dealkylation sites (N-methyl/N-ethyl adjacent to an activating group) is 1. The van der Waals surface area contributed by atoms with Crippen molar-refractivity contribution in [1.29, 1.82) is 0 Å². The smallest absolute Gasteiger partial charge is 0.248 e. The van der Waals surface area contributed by atoms with Gasteiger partial charge in [-0.2, -0.15) is 0 Å². The van der Waals surface area contributed by atoms with E-state index < -0.39 is 35.5 Å². The van der Waals surface area contributed by atoms with Crippen molar-refractivity contribution >= 4 is 41.4 Å². The summed E-state index contributed by atoms with van der Waals surface area (Å²) in [7, 11) is 1.75. The summed E-state index contributed by atoms with van der Waals surface area (Å²) in [6.07, 6.45) is 4.79. The highest BCUT2D eigenvalue weighted by molar-refractivity contribution is 5.84. The van der Waals surface area contributed by atoms with E-state index in [0.717, 1.165) is 24.1 Å². The molecule has 5 amide bonds. The number of carbonyl (C=O) groups excluding carboxylic acids is 6. The largest absolute Gasteiger partial charge is 0.387 e. The minimum absolute atomic E-state index is 0.0396. The number of carbonyl (C=O) groups is 6. The van der Waals surface area contributed by atoms with Crippen molar-refractivity contribution in [2.45, 2.75) is 112 Å². The van der Waals surface area contributed by atoms with Gasteiger partial charge in [-0.15, -0.1) is 0 Å². The standard InChI is InChI=1S/C33H46F2N4O3.C9H16N2O3.C3H7NO/c1-22(2)30(36-6)32(42)37-15-10-16-39(29(41)21-40)31(33(3,4)5)28-17-24(26-18-25(34)13-14-27(26)35)20-38(28)19-23-11-8-7-9-12-23;1-2-5-11(6-7-12)9(14)4-3-8(10)13;1-2-3(4)5/h7-9,11-14,18,20,22,28,30-31,36,40H,10,15-17,19,21H2,1-6H3,(H,37,42);7H,2-6H2,1H3,(H2,10,13);2H2,1H3,(H2,4,5). The number of benzene rings is 2. The number of nitrogens with two attached hydrogens (primary N) is 2. The number of aliphatic hydroxyl groups is 1. The van der Waals surface area contributed by atoms with Crippen LogP contribution in [0.5, 0.6) is 0 Å². The Kier molecular flexibility index (Phi) is 24.3. The molecule has 14 nitrogen and oxygen atoms in total. The molecule has 1 aliphatic heterocycles. The molecule has 0 radical (unpaired) electrons. The summed E-state index contributed by atoms with van der Waals surface area (Å²) in [6.45, 7) is 14.9. The van der Waals surface area contributed by atoms with Gasteiger partial charge >= 0.3 is 0 Å². The zero-order valence-electron chi connectivity index (χ0n) is 37.2. The average molecular weight is 858 g/mol. The van der Waals surface area contributed by atoms with Gasteiger partial charge in [-0.1, -0.05) is 78.8 Å². The van der Waals surface area contributed by atoms with E-state index in [0.29, 0.717) is 57.3 Å². The Morgan fingerprint density at radius 2 is 1.61 bits per heavy atom. The van der Waals surface area contributed by atoms with Gasteiger partial charge in [0.1, 0.15) is 24.5 Å². The van der Waals surface area contributed by atoms with Crippen LogP contribution in [0.25, 0.3) is 5.57 Å². The van der Waals surface area contributed by atoms with Gasteiger partial charge in [0.2, 0.25) is 29.5 Å². The van der Waals surface area contributed by atoms with Crippen molar-refractivity contribution in [3.8, 4) is 0 Å². The summed E-state index contributed by atoms with van der Waals surface area (Å²) in [4.78, 5) is 72.8. The second kappa shape index (κ2) is 27.6. The van der Waals surface area contributed by atoms with Crippen LogP contribution >= 0.6 is 0 Å². The third-order valence-corrected chi connectivity index (χ3v) is 9.91. The van der Waals surface area contributed by atoms with E-state index in [9.17, 15) is 42.7 Å². The molecule has 3 rings (SSSR count). The van der Waals surface area contributed by atoms with Crippen molar-refractivity contribution in [3.63, 3.8) is 0 Å². The van der Waals surface area contributed by atoms with Crippen LogP contribution in [-0.4, -0.2) is 114 Å². The maximum Gasteiger partial charge on any atom is 0.248 e. The number of nitrogens with zero attached hydrogens (tertiary/aromatic N) is 3. The van der Waals surface area contributed by atoms with Gasteiger partial charge in [0.25, 0.3) is 0 Å². The van der Waals surface area contributed by atoms with E-state index in [4.69, 9.17) is 5.73 Å². The molecule has 0 aromatic heterocycles. The van der Waals surface area contributed by atoms with Crippen molar-refractivity contribution in [1.82, 2.24) is 25.3 Å². The lowest BCUT2D eigenvalue weighted by atomic mass is 9.78. The lowest BCUT2D eigenvalue weighted by Crippen LogP contribution is -2.58. The van der Waals surface area contributed by atoms with Gasteiger partial charge in [0.05, 0.1) is 24.7 Å². The topological polar surface area (TPSA) is 208 Å². The molecule has 2 aromatic rings. The van der Waals surface area contributed by atoms with E-state index in [-0.39, 0.29) is 66.7 Å². The second-order valence-electron chi connectivity index (χ2n) is 16.2. The highest BCUT2D eigenvalue weighted by Crippen LogP contribution is 2.40. The van der Waals surface area contributed by atoms with Gasteiger partial charge < -0.3 is 46.7 Å². The van der Waals surface area contributed by atoms with Gasteiger partial charge in [-0.25, -0.2) is 8.78 Å². The summed E-state index contributed by atoms with van der Waals surface area (Å²) in [5, 5.41) is 16.0. The minimum Gasteiger partial charge on any atom is -0.387 e. The number of hydrogen-bond acceptors (Lipinski definition) is 9. The molecule has 2 aromatic carbocycles. The van der Waals surface area contributed by atoms with Gasteiger partial charge in [0.15, 0.2) is 0 Å². The highest BCUT2D eigenvalue weighted by Gasteiger charge is 2.43. The van der Waals surface area contributed by atoms with Gasteiger partial charge in [-0.3, -0.25) is 24.0 Å². The van der Waals surface area contributed by atoms with Crippen LogP contribution in [0.2, 0.25) is 0 Å². The molecule has 7 N–H and O–H groups in total. The number of aliphatic hydroxyl groups excluding tert-OH is 1. The molecule has 340 valence electrons. The summed E-state index contributed by atoms with van der Waals surface area (Å²) in [6, 6.07) is 12.3. The molecule has 1 aliphatic rings. The Hall–Kier alpha value is -5.22. The fourth-order valence-corrected chi connectivity index (χ4v) is 7.03. The number of rotatable bonds is 21. The maximum atomic E-state index is 14.9. The third kappa shape index (κ3) is 18.9. The Morgan fingerprint density at radius 3 is 2.11 bits per heavy atom. The molecule has 3 unspecified atom stereocenters. The fraction of sp³-hybridized carbons (Fsp3) is 0.556. The van der Waals surface area contributed by atoms with E-state index in [2.05, 4.69) is 21.3 Å². The molecule has 0 spiro atoms. The quantitative estimate of drug-likeness (QED) is 0.0902. The molecular formula is C45H69F2N7O7. The molecule has 0 fully saturated rings.